The van der Waals surface area contributed by atoms with Crippen LogP contribution in [0.4, 0.5) is 5.82 Å². The van der Waals surface area contributed by atoms with Gasteiger partial charge < -0.3 is 15.2 Å². The van der Waals surface area contributed by atoms with E-state index in [-0.39, 0.29) is 0 Å². The second-order valence-corrected chi connectivity index (χ2v) is 5.59. The highest BCUT2D eigenvalue weighted by molar-refractivity contribution is 5.80. The number of anilines is 1. The Morgan fingerprint density at radius 3 is 3.00 bits per heavy atom. The van der Waals surface area contributed by atoms with Crippen LogP contribution >= 0.6 is 0 Å². The van der Waals surface area contributed by atoms with Crippen LogP contribution in [0.25, 0.3) is 11.2 Å². The van der Waals surface area contributed by atoms with Crippen molar-refractivity contribution in [3.63, 3.8) is 0 Å². The molecule has 2 aromatic rings. The third-order valence-corrected chi connectivity index (χ3v) is 4.25. The van der Waals surface area contributed by atoms with Crippen molar-refractivity contribution in [2.24, 2.45) is 5.92 Å². The van der Waals surface area contributed by atoms with Gasteiger partial charge >= 0.3 is 0 Å². The molecule has 6 nitrogen and oxygen atoms in total. The van der Waals surface area contributed by atoms with Gasteiger partial charge in [0.1, 0.15) is 11.8 Å². The van der Waals surface area contributed by atoms with Crippen molar-refractivity contribution in [1.82, 2.24) is 24.4 Å². The molecule has 0 spiro atoms. The van der Waals surface area contributed by atoms with Crippen LogP contribution < -0.4 is 5.73 Å². The molecule has 1 aliphatic rings. The van der Waals surface area contributed by atoms with Crippen LogP contribution in [-0.4, -0.2) is 44.1 Å². The van der Waals surface area contributed by atoms with E-state index in [1.165, 1.54) is 32.3 Å². The monoisotopic (exact) mass is 274 g/mol. The Balaban J connectivity index is 1.57. The largest absolute Gasteiger partial charge is 0.382 e. The van der Waals surface area contributed by atoms with E-state index >= 15 is 0 Å². The molecule has 2 N–H and O–H groups in total. The van der Waals surface area contributed by atoms with Crippen LogP contribution in [0.1, 0.15) is 26.2 Å². The van der Waals surface area contributed by atoms with Crippen molar-refractivity contribution in [3.05, 3.63) is 12.7 Å². The summed E-state index contributed by atoms with van der Waals surface area (Å²) in [5.74, 6) is 1.36. The smallest absolute Gasteiger partial charge is 0.165 e. The second kappa shape index (κ2) is 5.75. The number of aromatic nitrogens is 4. The number of imidazole rings is 1. The van der Waals surface area contributed by atoms with E-state index in [0.717, 1.165) is 31.1 Å². The van der Waals surface area contributed by atoms with Crippen molar-refractivity contribution in [2.45, 2.75) is 32.7 Å². The molecule has 108 valence electrons. The molecule has 0 amide bonds. The van der Waals surface area contributed by atoms with Crippen molar-refractivity contribution in [2.75, 3.05) is 25.4 Å². The first-order valence-corrected chi connectivity index (χ1v) is 7.41. The van der Waals surface area contributed by atoms with Crippen molar-refractivity contribution in [1.29, 1.82) is 0 Å². The number of hydrogen-bond acceptors (Lipinski definition) is 5. The zero-order valence-electron chi connectivity index (χ0n) is 12.0. The molecule has 0 saturated carbocycles. The van der Waals surface area contributed by atoms with Gasteiger partial charge in [-0.3, -0.25) is 0 Å². The summed E-state index contributed by atoms with van der Waals surface area (Å²) in [4.78, 5) is 15.1. The number of likely N-dealkylation sites (tertiary alicyclic amines) is 1. The molecule has 1 aliphatic heterocycles. The lowest BCUT2D eigenvalue weighted by atomic mass is 10.1. The van der Waals surface area contributed by atoms with Crippen LogP contribution in [0.2, 0.25) is 0 Å². The van der Waals surface area contributed by atoms with Gasteiger partial charge in [0.05, 0.1) is 6.33 Å². The maximum atomic E-state index is 5.79. The maximum absolute atomic E-state index is 5.79. The van der Waals surface area contributed by atoms with Gasteiger partial charge in [-0.15, -0.1) is 0 Å². The van der Waals surface area contributed by atoms with Gasteiger partial charge in [-0.05, 0) is 31.8 Å². The standard InChI is InChI=1S/C14H22N6/c1-2-11-4-7-19(8-11)5-3-6-20-10-18-12-13(15)16-9-17-14(12)20/h9-11H,2-8H2,1H3,(H2,15,16,17). The molecule has 0 aliphatic carbocycles. The molecule has 0 aromatic carbocycles. The van der Waals surface area contributed by atoms with E-state index in [1.54, 1.807) is 0 Å². The summed E-state index contributed by atoms with van der Waals surface area (Å²) >= 11 is 0. The normalized spacial score (nSPS) is 19.9. The third kappa shape index (κ3) is 2.60. The first-order chi connectivity index (χ1) is 9.78. The summed E-state index contributed by atoms with van der Waals surface area (Å²) in [6.45, 7) is 6.88. The van der Waals surface area contributed by atoms with E-state index in [2.05, 4.69) is 31.3 Å². The lowest BCUT2D eigenvalue weighted by Crippen LogP contribution is -2.22. The Bertz CT molecular complexity index is 578. The summed E-state index contributed by atoms with van der Waals surface area (Å²) in [5.41, 5.74) is 7.34. The van der Waals surface area contributed by atoms with Gasteiger partial charge in [0, 0.05) is 13.1 Å². The van der Waals surface area contributed by atoms with Crippen LogP contribution in [-0.2, 0) is 6.54 Å². The fraction of sp³-hybridized carbons (Fsp3) is 0.643. The highest BCUT2D eigenvalue weighted by atomic mass is 15.2. The summed E-state index contributed by atoms with van der Waals surface area (Å²) in [6.07, 6.45) is 7.09. The number of nitrogens with two attached hydrogens (primary N) is 1. The molecule has 1 atom stereocenters. The molecule has 0 bridgehead atoms. The van der Waals surface area contributed by atoms with Gasteiger partial charge in [-0.1, -0.05) is 13.3 Å². The average molecular weight is 274 g/mol. The lowest BCUT2D eigenvalue weighted by molar-refractivity contribution is 0.311. The van der Waals surface area contributed by atoms with Gasteiger partial charge in [0.2, 0.25) is 0 Å². The number of nitrogen functional groups attached to an aromatic ring is 1. The molecule has 2 aromatic heterocycles. The summed E-state index contributed by atoms with van der Waals surface area (Å²) in [5, 5.41) is 0. The summed E-state index contributed by atoms with van der Waals surface area (Å²) < 4.78 is 2.07. The van der Waals surface area contributed by atoms with Gasteiger partial charge in [0.15, 0.2) is 11.5 Å². The molecule has 1 unspecified atom stereocenters. The fourth-order valence-electron chi connectivity index (χ4n) is 2.98. The van der Waals surface area contributed by atoms with E-state index < -0.39 is 0 Å². The van der Waals surface area contributed by atoms with Crippen LogP contribution in [0.15, 0.2) is 12.7 Å². The lowest BCUT2D eigenvalue weighted by Gasteiger charge is -2.15. The molecule has 20 heavy (non-hydrogen) atoms. The van der Waals surface area contributed by atoms with Gasteiger partial charge in [-0.2, -0.15) is 0 Å². The Hall–Kier alpha value is -1.69. The quantitative estimate of drug-likeness (QED) is 0.895. The van der Waals surface area contributed by atoms with Gasteiger partial charge in [-0.25, -0.2) is 15.0 Å². The molecule has 6 heteroatoms. The van der Waals surface area contributed by atoms with E-state index in [9.17, 15) is 0 Å². The minimum atomic E-state index is 0.457. The van der Waals surface area contributed by atoms with E-state index in [1.807, 2.05) is 6.33 Å². The van der Waals surface area contributed by atoms with Crippen LogP contribution in [0.5, 0.6) is 0 Å². The predicted molar refractivity (Wildman–Crippen MR) is 79.2 cm³/mol. The zero-order chi connectivity index (χ0) is 13.9. The van der Waals surface area contributed by atoms with E-state index in [4.69, 9.17) is 5.73 Å². The third-order valence-electron chi connectivity index (χ3n) is 4.25. The number of rotatable bonds is 5. The summed E-state index contributed by atoms with van der Waals surface area (Å²) in [6, 6.07) is 0. The van der Waals surface area contributed by atoms with Crippen LogP contribution in [0, 0.1) is 5.92 Å². The van der Waals surface area contributed by atoms with E-state index in [0.29, 0.717) is 11.3 Å². The zero-order valence-corrected chi connectivity index (χ0v) is 12.0. The first kappa shape index (κ1) is 13.3. The average Bonchev–Trinajstić information content (AvgIpc) is 3.07. The highest BCUT2D eigenvalue weighted by Gasteiger charge is 2.20. The highest BCUT2D eigenvalue weighted by Crippen LogP contribution is 2.19. The van der Waals surface area contributed by atoms with Gasteiger partial charge in [0.25, 0.3) is 0 Å². The second-order valence-electron chi connectivity index (χ2n) is 5.59. The number of aryl methyl sites for hydroxylation is 1. The first-order valence-electron chi connectivity index (χ1n) is 7.41. The number of hydrogen-bond donors (Lipinski definition) is 1. The minimum absolute atomic E-state index is 0.457. The molecular weight excluding hydrogens is 252 g/mol. The SMILES string of the molecule is CCC1CCN(CCCn2cnc3c(N)ncnc32)C1. The minimum Gasteiger partial charge on any atom is -0.382 e. The van der Waals surface area contributed by atoms with Crippen molar-refractivity contribution >= 4 is 17.0 Å². The Morgan fingerprint density at radius 1 is 1.30 bits per heavy atom. The topological polar surface area (TPSA) is 72.9 Å². The van der Waals surface area contributed by atoms with Crippen LogP contribution in [0.3, 0.4) is 0 Å². The molecule has 0 radical (unpaired) electrons. The molecule has 3 rings (SSSR count). The Kier molecular flexibility index (Phi) is 3.82. The molecule has 3 heterocycles. The Labute approximate surface area is 119 Å². The maximum Gasteiger partial charge on any atom is 0.165 e. The molecule has 1 fully saturated rings. The molecular formula is C14H22N6. The number of fused-ring (bicyclic) bond motifs is 1. The fourth-order valence-corrected chi connectivity index (χ4v) is 2.98. The number of nitrogens with zero attached hydrogens (tertiary/aromatic N) is 5. The Morgan fingerprint density at radius 2 is 2.20 bits per heavy atom. The van der Waals surface area contributed by atoms with Crippen molar-refractivity contribution < 1.29 is 0 Å². The van der Waals surface area contributed by atoms with Crippen molar-refractivity contribution in [3.8, 4) is 0 Å². The summed E-state index contributed by atoms with van der Waals surface area (Å²) in [7, 11) is 0. The predicted octanol–water partition coefficient (Wildman–Crippen LogP) is 1.53. The molecule has 1 saturated heterocycles.